The fourth-order valence-corrected chi connectivity index (χ4v) is 3.00. The number of esters is 1. The van der Waals surface area contributed by atoms with Gasteiger partial charge in [-0.25, -0.2) is 4.79 Å². The number of hydrogen-bond donors (Lipinski definition) is 0. The molecule has 0 bridgehead atoms. The van der Waals surface area contributed by atoms with Crippen molar-refractivity contribution in [3.8, 4) is 0 Å². The number of likely N-dealkylation sites (tertiary alicyclic amines) is 1. The van der Waals surface area contributed by atoms with E-state index in [2.05, 4.69) is 0 Å². The summed E-state index contributed by atoms with van der Waals surface area (Å²) in [6, 6.07) is -0.427. The summed E-state index contributed by atoms with van der Waals surface area (Å²) in [6.07, 6.45) is 4.81. The number of piperidine rings is 1. The van der Waals surface area contributed by atoms with E-state index in [0.717, 1.165) is 12.8 Å². The van der Waals surface area contributed by atoms with Crippen LogP contribution in [0.2, 0.25) is 0 Å². The first-order valence-electron chi connectivity index (χ1n) is 7.03. The van der Waals surface area contributed by atoms with E-state index < -0.39 is 6.04 Å². The predicted molar refractivity (Wildman–Crippen MR) is 68.3 cm³/mol. The zero-order valence-electron chi connectivity index (χ0n) is 11.4. The van der Waals surface area contributed by atoms with Crippen LogP contribution < -0.4 is 0 Å². The minimum Gasteiger partial charge on any atom is -0.467 e. The van der Waals surface area contributed by atoms with E-state index in [4.69, 9.17) is 4.74 Å². The molecular weight excluding hydrogens is 246 g/mol. The maximum absolute atomic E-state index is 12.5. The van der Waals surface area contributed by atoms with Crippen molar-refractivity contribution in [2.45, 2.75) is 51.0 Å². The van der Waals surface area contributed by atoms with Gasteiger partial charge < -0.3 is 9.64 Å². The highest BCUT2D eigenvalue weighted by Crippen LogP contribution is 2.27. The molecule has 1 saturated heterocycles. The van der Waals surface area contributed by atoms with Crippen molar-refractivity contribution in [1.29, 1.82) is 0 Å². The predicted octanol–water partition coefficient (Wildman–Crippen LogP) is 1.30. The summed E-state index contributed by atoms with van der Waals surface area (Å²) < 4.78 is 4.79. The number of rotatable bonds is 2. The highest BCUT2D eigenvalue weighted by atomic mass is 16.5. The van der Waals surface area contributed by atoms with Gasteiger partial charge in [-0.1, -0.05) is 0 Å². The Morgan fingerprint density at radius 1 is 1.16 bits per heavy atom. The Labute approximate surface area is 113 Å². The lowest BCUT2D eigenvalue weighted by atomic mass is 9.86. The number of ketones is 1. The van der Waals surface area contributed by atoms with E-state index in [1.54, 1.807) is 4.90 Å². The lowest BCUT2D eigenvalue weighted by molar-refractivity contribution is -0.157. The maximum atomic E-state index is 12.5. The number of carbonyl (C=O) groups is 3. The van der Waals surface area contributed by atoms with E-state index in [-0.39, 0.29) is 23.6 Å². The van der Waals surface area contributed by atoms with Gasteiger partial charge >= 0.3 is 5.97 Å². The molecule has 5 heteroatoms. The second-order valence-electron chi connectivity index (χ2n) is 5.38. The van der Waals surface area contributed by atoms with Crippen molar-refractivity contribution >= 4 is 17.7 Å². The van der Waals surface area contributed by atoms with Gasteiger partial charge in [-0.05, 0) is 32.1 Å². The Balaban J connectivity index is 2.03. The summed E-state index contributed by atoms with van der Waals surface area (Å²) in [5.74, 6) is -0.141. The first-order chi connectivity index (χ1) is 9.13. The van der Waals surface area contributed by atoms with E-state index in [1.807, 2.05) is 0 Å². The van der Waals surface area contributed by atoms with Crippen LogP contribution in [-0.2, 0) is 19.1 Å². The van der Waals surface area contributed by atoms with Crippen LogP contribution in [0.4, 0.5) is 0 Å². The van der Waals surface area contributed by atoms with Crippen molar-refractivity contribution in [3.63, 3.8) is 0 Å². The van der Waals surface area contributed by atoms with Crippen LogP contribution in [0.3, 0.4) is 0 Å². The first-order valence-corrected chi connectivity index (χ1v) is 7.03. The van der Waals surface area contributed by atoms with Gasteiger partial charge in [0.15, 0.2) is 0 Å². The van der Waals surface area contributed by atoms with Crippen molar-refractivity contribution < 1.29 is 19.1 Å². The fourth-order valence-electron chi connectivity index (χ4n) is 3.00. The number of hydrogen-bond acceptors (Lipinski definition) is 4. The van der Waals surface area contributed by atoms with Gasteiger partial charge in [0.05, 0.1) is 7.11 Å². The summed E-state index contributed by atoms with van der Waals surface area (Å²) in [7, 11) is 1.36. The van der Waals surface area contributed by atoms with Crippen molar-refractivity contribution in [2.24, 2.45) is 5.92 Å². The van der Waals surface area contributed by atoms with Crippen LogP contribution in [0.5, 0.6) is 0 Å². The zero-order valence-corrected chi connectivity index (χ0v) is 11.4. The summed E-state index contributed by atoms with van der Waals surface area (Å²) in [5, 5.41) is 0. The van der Waals surface area contributed by atoms with Gasteiger partial charge in [-0.15, -0.1) is 0 Å². The standard InChI is InChI=1S/C14H21NO4/c1-19-14(18)12-4-2-3-9-15(12)13(17)10-5-7-11(16)8-6-10/h10,12H,2-9H2,1H3. The molecule has 1 aliphatic heterocycles. The third kappa shape index (κ3) is 3.14. The SMILES string of the molecule is COC(=O)C1CCCCN1C(=O)C1CCC(=O)CC1. The Hall–Kier alpha value is -1.39. The van der Waals surface area contributed by atoms with Crippen LogP contribution in [0, 0.1) is 5.92 Å². The summed E-state index contributed by atoms with van der Waals surface area (Å²) in [5.41, 5.74) is 0. The molecule has 0 aromatic rings. The van der Waals surface area contributed by atoms with Crippen molar-refractivity contribution in [3.05, 3.63) is 0 Å². The molecular formula is C14H21NO4. The molecule has 19 heavy (non-hydrogen) atoms. The fraction of sp³-hybridized carbons (Fsp3) is 0.786. The third-order valence-corrected chi connectivity index (χ3v) is 4.15. The van der Waals surface area contributed by atoms with Crippen LogP contribution >= 0.6 is 0 Å². The molecule has 1 aliphatic carbocycles. The molecule has 0 spiro atoms. The van der Waals surface area contributed by atoms with Crippen LogP contribution in [0.25, 0.3) is 0 Å². The number of Topliss-reactive ketones (excluding diaryl/α,β-unsaturated/α-hetero) is 1. The Bertz CT molecular complexity index is 370. The van der Waals surface area contributed by atoms with E-state index in [1.165, 1.54) is 7.11 Å². The van der Waals surface area contributed by atoms with Crippen LogP contribution in [0.1, 0.15) is 44.9 Å². The average Bonchev–Trinajstić information content (AvgIpc) is 2.46. The summed E-state index contributed by atoms with van der Waals surface area (Å²) >= 11 is 0. The lowest BCUT2D eigenvalue weighted by Gasteiger charge is -2.36. The zero-order chi connectivity index (χ0) is 13.8. The summed E-state index contributed by atoms with van der Waals surface area (Å²) in [6.45, 7) is 0.628. The molecule has 0 aromatic carbocycles. The minimum atomic E-state index is -0.427. The van der Waals surface area contributed by atoms with Gasteiger partial charge in [-0.2, -0.15) is 0 Å². The smallest absolute Gasteiger partial charge is 0.328 e. The average molecular weight is 267 g/mol. The lowest BCUT2D eigenvalue weighted by Crippen LogP contribution is -2.50. The highest BCUT2D eigenvalue weighted by molar-refractivity contribution is 5.88. The molecule has 2 fully saturated rings. The molecule has 0 N–H and O–H groups in total. The highest BCUT2D eigenvalue weighted by Gasteiger charge is 2.36. The molecule has 106 valence electrons. The minimum absolute atomic E-state index is 0.0302. The molecule has 2 rings (SSSR count). The molecule has 5 nitrogen and oxygen atoms in total. The normalized spacial score (nSPS) is 25.2. The van der Waals surface area contributed by atoms with E-state index in [0.29, 0.717) is 38.6 Å². The van der Waals surface area contributed by atoms with Crippen molar-refractivity contribution in [2.75, 3.05) is 13.7 Å². The first kappa shape index (κ1) is 14.0. The van der Waals surface area contributed by atoms with E-state index >= 15 is 0 Å². The monoisotopic (exact) mass is 267 g/mol. The largest absolute Gasteiger partial charge is 0.467 e. The topological polar surface area (TPSA) is 63.7 Å². The van der Waals surface area contributed by atoms with Crippen LogP contribution in [-0.4, -0.2) is 42.3 Å². The maximum Gasteiger partial charge on any atom is 0.328 e. The third-order valence-electron chi connectivity index (χ3n) is 4.15. The molecule has 1 amide bonds. The van der Waals surface area contributed by atoms with Gasteiger partial charge in [0, 0.05) is 25.3 Å². The Kier molecular flexibility index (Phi) is 4.56. The van der Waals surface area contributed by atoms with Crippen LogP contribution in [0.15, 0.2) is 0 Å². The molecule has 2 aliphatic rings. The number of amides is 1. The van der Waals surface area contributed by atoms with Gasteiger partial charge in [0.2, 0.25) is 5.91 Å². The van der Waals surface area contributed by atoms with Crippen molar-refractivity contribution in [1.82, 2.24) is 4.90 Å². The molecule has 1 heterocycles. The molecule has 0 aromatic heterocycles. The molecule has 0 radical (unpaired) electrons. The second kappa shape index (κ2) is 6.17. The quantitative estimate of drug-likeness (QED) is 0.707. The summed E-state index contributed by atoms with van der Waals surface area (Å²) in [4.78, 5) is 37.1. The molecule has 1 unspecified atom stereocenters. The van der Waals surface area contributed by atoms with E-state index in [9.17, 15) is 14.4 Å². The number of ether oxygens (including phenoxy) is 1. The molecule has 1 saturated carbocycles. The Morgan fingerprint density at radius 3 is 2.47 bits per heavy atom. The second-order valence-corrected chi connectivity index (χ2v) is 5.38. The number of nitrogens with zero attached hydrogens (tertiary/aromatic N) is 1. The molecule has 1 atom stereocenters. The number of carbonyl (C=O) groups excluding carboxylic acids is 3. The Morgan fingerprint density at radius 2 is 1.84 bits per heavy atom. The van der Waals surface area contributed by atoms with Gasteiger partial charge in [-0.3, -0.25) is 9.59 Å². The van der Waals surface area contributed by atoms with Gasteiger partial charge in [0.1, 0.15) is 11.8 Å². The van der Waals surface area contributed by atoms with Gasteiger partial charge in [0.25, 0.3) is 0 Å². The number of methoxy groups -OCH3 is 1.